The Morgan fingerprint density at radius 2 is 1.75 bits per heavy atom. The number of benzene rings is 1. The molecule has 6 nitrogen and oxygen atoms in total. The number of carbonyl (C=O) groups is 1. The number of hydrazine groups is 1. The van der Waals surface area contributed by atoms with Gasteiger partial charge in [0.25, 0.3) is 5.91 Å². The van der Waals surface area contributed by atoms with Crippen molar-refractivity contribution in [2.75, 3.05) is 5.32 Å². The first-order valence-corrected chi connectivity index (χ1v) is 8.00. The van der Waals surface area contributed by atoms with Crippen molar-refractivity contribution >= 4 is 11.9 Å². The van der Waals surface area contributed by atoms with E-state index in [2.05, 4.69) is 15.3 Å². The minimum atomic E-state index is -0.441. The van der Waals surface area contributed by atoms with E-state index in [4.69, 9.17) is 5.84 Å². The van der Waals surface area contributed by atoms with Gasteiger partial charge in [-0.25, -0.2) is 20.2 Å². The van der Waals surface area contributed by atoms with Crippen molar-refractivity contribution in [3.63, 3.8) is 0 Å². The lowest BCUT2D eigenvalue weighted by Gasteiger charge is -2.43. The SMILES string of the molecule is CC.NNC(=O)c1cnc(NC2(c3ccc(F)cc3)CCC2)nc1. The third-order valence-electron chi connectivity index (χ3n) is 4.00. The number of anilines is 1. The molecule has 0 radical (unpaired) electrons. The summed E-state index contributed by atoms with van der Waals surface area (Å²) in [5.74, 6) is 4.79. The third kappa shape index (κ3) is 3.68. The lowest BCUT2D eigenvalue weighted by atomic mass is 9.72. The van der Waals surface area contributed by atoms with Crippen LogP contribution in [0.4, 0.5) is 10.3 Å². The Hall–Kier alpha value is -2.54. The maximum absolute atomic E-state index is 13.1. The van der Waals surface area contributed by atoms with Crippen LogP contribution in [-0.4, -0.2) is 15.9 Å². The predicted octanol–water partition coefficient (Wildman–Crippen LogP) is 2.74. The fourth-order valence-electron chi connectivity index (χ4n) is 2.59. The van der Waals surface area contributed by atoms with Gasteiger partial charge in [0.15, 0.2) is 0 Å². The number of hydrogen-bond donors (Lipinski definition) is 3. The molecule has 1 aliphatic rings. The molecule has 128 valence electrons. The molecular formula is C17H22FN5O. The van der Waals surface area contributed by atoms with Crippen LogP contribution >= 0.6 is 0 Å². The van der Waals surface area contributed by atoms with Crippen LogP contribution in [0.15, 0.2) is 36.7 Å². The van der Waals surface area contributed by atoms with Crippen molar-refractivity contribution in [3.05, 3.63) is 53.6 Å². The van der Waals surface area contributed by atoms with Crippen molar-refractivity contribution in [2.24, 2.45) is 5.84 Å². The van der Waals surface area contributed by atoms with Gasteiger partial charge in [-0.15, -0.1) is 0 Å². The van der Waals surface area contributed by atoms with Gasteiger partial charge in [-0.3, -0.25) is 10.2 Å². The normalized spacial score (nSPS) is 14.7. The number of amides is 1. The fraction of sp³-hybridized carbons (Fsp3) is 0.353. The van der Waals surface area contributed by atoms with Crippen molar-refractivity contribution in [1.82, 2.24) is 15.4 Å². The van der Waals surface area contributed by atoms with Crippen LogP contribution in [0.3, 0.4) is 0 Å². The van der Waals surface area contributed by atoms with E-state index in [1.165, 1.54) is 24.5 Å². The summed E-state index contributed by atoms with van der Waals surface area (Å²) in [6, 6.07) is 6.45. The Balaban J connectivity index is 0.00000100. The Bertz CT molecular complexity index is 668. The number of nitrogens with one attached hydrogen (secondary N) is 2. The highest BCUT2D eigenvalue weighted by atomic mass is 19.1. The molecule has 1 aromatic heterocycles. The van der Waals surface area contributed by atoms with E-state index in [9.17, 15) is 9.18 Å². The zero-order valence-corrected chi connectivity index (χ0v) is 13.8. The van der Waals surface area contributed by atoms with Crippen LogP contribution in [0.2, 0.25) is 0 Å². The molecule has 1 aliphatic carbocycles. The molecule has 7 heteroatoms. The van der Waals surface area contributed by atoms with Gasteiger partial charge in [-0.2, -0.15) is 0 Å². The predicted molar refractivity (Wildman–Crippen MR) is 90.6 cm³/mol. The Kier molecular flexibility index (Phi) is 5.81. The molecule has 0 atom stereocenters. The maximum Gasteiger partial charge on any atom is 0.268 e. The maximum atomic E-state index is 13.1. The second-order valence-electron chi connectivity index (χ2n) is 5.34. The second-order valence-corrected chi connectivity index (χ2v) is 5.34. The monoisotopic (exact) mass is 331 g/mol. The number of rotatable bonds is 4. The topological polar surface area (TPSA) is 92.9 Å². The number of hydrogen-bond acceptors (Lipinski definition) is 5. The zero-order valence-electron chi connectivity index (χ0n) is 13.8. The number of nitrogens with two attached hydrogens (primary N) is 1. The zero-order chi connectivity index (χ0) is 17.6. The highest BCUT2D eigenvalue weighted by Crippen LogP contribution is 2.43. The van der Waals surface area contributed by atoms with Crippen LogP contribution in [0.1, 0.15) is 49.0 Å². The smallest absolute Gasteiger partial charge is 0.268 e. The van der Waals surface area contributed by atoms with Gasteiger partial charge in [0.1, 0.15) is 5.82 Å². The van der Waals surface area contributed by atoms with Crippen LogP contribution < -0.4 is 16.6 Å². The first-order chi connectivity index (χ1) is 11.6. The molecule has 24 heavy (non-hydrogen) atoms. The van der Waals surface area contributed by atoms with Crippen LogP contribution in [0.5, 0.6) is 0 Å². The van der Waals surface area contributed by atoms with Crippen molar-refractivity contribution in [2.45, 2.75) is 38.6 Å². The van der Waals surface area contributed by atoms with Gasteiger partial charge in [0.05, 0.1) is 11.1 Å². The number of carbonyl (C=O) groups excluding carboxylic acids is 1. The molecule has 1 fully saturated rings. The Labute approximate surface area is 140 Å². The number of halogens is 1. The summed E-state index contributed by atoms with van der Waals surface area (Å²) in [6.45, 7) is 4.00. The third-order valence-corrected chi connectivity index (χ3v) is 4.00. The summed E-state index contributed by atoms with van der Waals surface area (Å²) in [4.78, 5) is 19.6. The molecular weight excluding hydrogens is 309 g/mol. The molecule has 1 saturated carbocycles. The summed E-state index contributed by atoms with van der Waals surface area (Å²) >= 11 is 0. The standard InChI is InChI=1S/C15H16FN5O.C2H6/c16-12-4-2-11(3-5-12)15(6-1-7-15)20-14-18-8-10(9-19-14)13(22)21-17;1-2/h2-5,8-9H,1,6-7,17H2,(H,21,22)(H,18,19,20);1-2H3. The molecule has 1 aromatic carbocycles. The van der Waals surface area contributed by atoms with Crippen molar-refractivity contribution in [1.29, 1.82) is 0 Å². The van der Waals surface area contributed by atoms with Gasteiger partial charge < -0.3 is 5.32 Å². The molecule has 4 N–H and O–H groups in total. The van der Waals surface area contributed by atoms with E-state index in [1.807, 2.05) is 19.3 Å². The fourth-order valence-corrected chi connectivity index (χ4v) is 2.59. The number of nitrogen functional groups attached to an aromatic ring is 1. The van der Waals surface area contributed by atoms with Crippen LogP contribution in [0, 0.1) is 5.82 Å². The minimum Gasteiger partial charge on any atom is -0.345 e. The summed E-state index contributed by atoms with van der Waals surface area (Å²) < 4.78 is 13.1. The lowest BCUT2D eigenvalue weighted by molar-refractivity contribution is 0.0953. The lowest BCUT2D eigenvalue weighted by Crippen LogP contribution is -2.42. The van der Waals surface area contributed by atoms with E-state index in [1.54, 1.807) is 12.1 Å². The molecule has 0 aliphatic heterocycles. The summed E-state index contributed by atoms with van der Waals surface area (Å²) in [5.41, 5.74) is 3.05. The van der Waals surface area contributed by atoms with E-state index in [0.29, 0.717) is 5.95 Å². The molecule has 2 aromatic rings. The van der Waals surface area contributed by atoms with Gasteiger partial charge >= 0.3 is 0 Å². The van der Waals surface area contributed by atoms with Crippen molar-refractivity contribution < 1.29 is 9.18 Å². The number of nitrogens with zero attached hydrogens (tertiary/aromatic N) is 2. The van der Waals surface area contributed by atoms with E-state index < -0.39 is 5.91 Å². The van der Waals surface area contributed by atoms with Gasteiger partial charge in [-0.1, -0.05) is 26.0 Å². The summed E-state index contributed by atoms with van der Waals surface area (Å²) in [5, 5.41) is 3.30. The molecule has 1 heterocycles. The molecule has 0 saturated heterocycles. The van der Waals surface area contributed by atoms with Crippen LogP contribution in [-0.2, 0) is 5.54 Å². The largest absolute Gasteiger partial charge is 0.345 e. The van der Waals surface area contributed by atoms with Gasteiger partial charge in [-0.05, 0) is 37.0 Å². The second kappa shape index (κ2) is 7.83. The van der Waals surface area contributed by atoms with Crippen LogP contribution in [0.25, 0.3) is 0 Å². The minimum absolute atomic E-state index is 0.258. The van der Waals surface area contributed by atoms with E-state index in [-0.39, 0.29) is 16.9 Å². The first-order valence-electron chi connectivity index (χ1n) is 8.00. The quantitative estimate of drug-likeness (QED) is 0.455. The number of aromatic nitrogens is 2. The molecule has 1 amide bonds. The summed E-state index contributed by atoms with van der Waals surface area (Å²) in [6.07, 6.45) is 5.75. The van der Waals surface area contributed by atoms with Gasteiger partial charge in [0, 0.05) is 12.4 Å². The molecule has 0 unspecified atom stereocenters. The molecule has 3 rings (SSSR count). The highest BCUT2D eigenvalue weighted by Gasteiger charge is 2.39. The Morgan fingerprint density at radius 1 is 1.17 bits per heavy atom. The summed E-state index contributed by atoms with van der Waals surface area (Å²) in [7, 11) is 0. The first kappa shape index (κ1) is 17.8. The molecule has 0 spiro atoms. The van der Waals surface area contributed by atoms with Crippen molar-refractivity contribution in [3.8, 4) is 0 Å². The average molecular weight is 331 g/mol. The highest BCUT2D eigenvalue weighted by molar-refractivity contribution is 5.93. The Morgan fingerprint density at radius 3 is 2.21 bits per heavy atom. The van der Waals surface area contributed by atoms with E-state index >= 15 is 0 Å². The van der Waals surface area contributed by atoms with E-state index in [0.717, 1.165) is 24.8 Å². The van der Waals surface area contributed by atoms with Gasteiger partial charge in [0.2, 0.25) is 5.95 Å². The molecule has 0 bridgehead atoms. The average Bonchev–Trinajstić information content (AvgIpc) is 2.60.